The zero-order valence-electron chi connectivity index (χ0n) is 11.3. The largest absolute Gasteiger partial charge is 0.468 e. The van der Waals surface area contributed by atoms with Gasteiger partial charge >= 0.3 is 11.9 Å². The monoisotopic (exact) mass is 249 g/mol. The summed E-state index contributed by atoms with van der Waals surface area (Å²) in [6.45, 7) is 0. The fourth-order valence-corrected chi connectivity index (χ4v) is 1.35. The van der Waals surface area contributed by atoms with Crippen molar-refractivity contribution in [1.29, 1.82) is 0 Å². The molecule has 1 aromatic rings. The van der Waals surface area contributed by atoms with E-state index in [0.717, 1.165) is 5.56 Å². The van der Waals surface area contributed by atoms with Crippen LogP contribution in [0.3, 0.4) is 0 Å². The highest BCUT2D eigenvalue weighted by Gasteiger charge is 2.26. The molecule has 0 radical (unpaired) electrons. The van der Waals surface area contributed by atoms with Gasteiger partial charge in [-0.2, -0.15) is 0 Å². The number of hydrogen-bond donors (Lipinski definition) is 0. The molecule has 0 fully saturated rings. The number of carbonyl (C=O) groups excluding carboxylic acids is 2. The van der Waals surface area contributed by atoms with Crippen LogP contribution >= 0.6 is 0 Å². The highest BCUT2D eigenvalue weighted by molar-refractivity contribution is 5.95. The van der Waals surface area contributed by atoms with Gasteiger partial charge in [0.25, 0.3) is 0 Å². The molecule has 4 nitrogen and oxygen atoms in total. The van der Waals surface area contributed by atoms with Crippen LogP contribution in [-0.2, 0) is 19.1 Å². The third kappa shape index (κ3) is 4.05. The molecule has 0 heterocycles. The average Bonchev–Trinajstić information content (AvgIpc) is 2.45. The van der Waals surface area contributed by atoms with Crippen LogP contribution in [0, 0.1) is 5.92 Å². The molecule has 1 atom stereocenters. The molecule has 0 aliphatic heterocycles. The first-order valence-electron chi connectivity index (χ1n) is 5.99. The minimum Gasteiger partial charge on any atom is -0.468 e. The Morgan fingerprint density at radius 1 is 1.22 bits per heavy atom. The lowest BCUT2D eigenvalue weighted by molar-refractivity contribution is -0.158. The maximum atomic E-state index is 11.5. The Morgan fingerprint density at radius 2 is 1.78 bits per heavy atom. The molecule has 0 saturated carbocycles. The van der Waals surface area contributed by atoms with E-state index < -0.39 is 24.3 Å². The first-order valence-corrected chi connectivity index (χ1v) is 5.41. The summed E-state index contributed by atoms with van der Waals surface area (Å²) in [6, 6.07) is 9.30. The van der Waals surface area contributed by atoms with Crippen LogP contribution in [0.15, 0.2) is 36.4 Å². The normalized spacial score (nSPS) is 13.2. The predicted molar refractivity (Wildman–Crippen MR) is 67.6 cm³/mol. The van der Waals surface area contributed by atoms with Crippen molar-refractivity contribution in [2.75, 3.05) is 14.2 Å². The van der Waals surface area contributed by atoms with E-state index in [0.29, 0.717) is 0 Å². The number of esters is 2. The molecule has 0 amide bonds. The number of allylic oxidation sites excluding steroid dienone is 1. The molecular weight excluding hydrogens is 232 g/mol. The van der Waals surface area contributed by atoms with E-state index in [4.69, 9.17) is 1.37 Å². The highest BCUT2D eigenvalue weighted by Crippen LogP contribution is 2.11. The van der Waals surface area contributed by atoms with Crippen LogP contribution < -0.4 is 0 Å². The van der Waals surface area contributed by atoms with Gasteiger partial charge < -0.3 is 9.47 Å². The third-order valence-electron chi connectivity index (χ3n) is 2.30. The summed E-state index contributed by atoms with van der Waals surface area (Å²) in [4.78, 5) is 23.0. The van der Waals surface area contributed by atoms with Crippen LogP contribution in [-0.4, -0.2) is 26.2 Å². The SMILES string of the molecule is [2H]C(/C=C/c1ccccc1)C(C(=O)OC)C(=O)OC. The first kappa shape index (κ1) is 12.4. The quantitative estimate of drug-likeness (QED) is 0.592. The molecule has 0 N–H and O–H groups in total. The van der Waals surface area contributed by atoms with E-state index in [1.54, 1.807) is 6.08 Å². The van der Waals surface area contributed by atoms with Gasteiger partial charge in [-0.15, -0.1) is 0 Å². The maximum absolute atomic E-state index is 11.5. The van der Waals surface area contributed by atoms with E-state index in [1.165, 1.54) is 20.3 Å². The molecule has 0 bridgehead atoms. The van der Waals surface area contributed by atoms with E-state index >= 15 is 0 Å². The lowest BCUT2D eigenvalue weighted by Crippen LogP contribution is -2.25. The van der Waals surface area contributed by atoms with Crippen molar-refractivity contribution in [3.05, 3.63) is 42.0 Å². The minimum absolute atomic E-state index is 0.774. The fourth-order valence-electron chi connectivity index (χ4n) is 1.35. The number of rotatable bonds is 5. The summed E-state index contributed by atoms with van der Waals surface area (Å²) >= 11 is 0. The molecule has 4 heteroatoms. The molecule has 1 unspecified atom stereocenters. The number of ether oxygens (including phenoxy) is 2. The van der Waals surface area contributed by atoms with Gasteiger partial charge in [0, 0.05) is 1.37 Å². The minimum atomic E-state index is -1.27. The summed E-state index contributed by atoms with van der Waals surface area (Å²) in [5.74, 6) is -2.82. The predicted octanol–water partition coefficient (Wildman–Crippen LogP) is 2.05. The van der Waals surface area contributed by atoms with Gasteiger partial charge in [-0.25, -0.2) is 0 Å². The van der Waals surface area contributed by atoms with E-state index in [1.807, 2.05) is 30.3 Å². The summed E-state index contributed by atoms with van der Waals surface area (Å²) in [7, 11) is 2.35. The van der Waals surface area contributed by atoms with Crippen molar-refractivity contribution in [2.45, 2.75) is 6.40 Å². The van der Waals surface area contributed by atoms with E-state index in [2.05, 4.69) is 9.47 Å². The number of hydrogen-bond acceptors (Lipinski definition) is 4. The van der Waals surface area contributed by atoms with Crippen molar-refractivity contribution in [1.82, 2.24) is 0 Å². The molecular formula is C14H16O4. The number of benzene rings is 1. The fraction of sp³-hybridized carbons (Fsp3) is 0.286. The molecule has 1 rings (SSSR count). The molecule has 18 heavy (non-hydrogen) atoms. The zero-order chi connectivity index (χ0) is 14.3. The van der Waals surface area contributed by atoms with Crippen LogP contribution in [0.25, 0.3) is 6.08 Å². The van der Waals surface area contributed by atoms with Crippen molar-refractivity contribution >= 4 is 18.0 Å². The van der Waals surface area contributed by atoms with Crippen LogP contribution in [0.4, 0.5) is 0 Å². The highest BCUT2D eigenvalue weighted by atomic mass is 16.5. The summed E-state index contributed by atoms with van der Waals surface area (Å²) in [5, 5.41) is 0. The Bertz CT molecular complexity index is 440. The Morgan fingerprint density at radius 3 is 2.28 bits per heavy atom. The Hall–Kier alpha value is -2.10. The number of carbonyl (C=O) groups is 2. The van der Waals surface area contributed by atoms with E-state index in [-0.39, 0.29) is 0 Å². The van der Waals surface area contributed by atoms with Gasteiger partial charge in [0.05, 0.1) is 14.2 Å². The molecule has 0 aromatic heterocycles. The second-order valence-corrected chi connectivity index (χ2v) is 3.49. The molecule has 0 aliphatic carbocycles. The summed E-state index contributed by atoms with van der Waals surface area (Å²) < 4.78 is 16.9. The smallest absolute Gasteiger partial charge is 0.320 e. The third-order valence-corrected chi connectivity index (χ3v) is 2.30. The average molecular weight is 249 g/mol. The topological polar surface area (TPSA) is 52.6 Å². The Kier molecular flexibility index (Phi) is 4.99. The van der Waals surface area contributed by atoms with Gasteiger partial charge in [0.2, 0.25) is 0 Å². The molecule has 1 aromatic carbocycles. The maximum Gasteiger partial charge on any atom is 0.320 e. The second kappa shape index (κ2) is 7.27. The van der Waals surface area contributed by atoms with Crippen molar-refractivity contribution in [3.63, 3.8) is 0 Å². The van der Waals surface area contributed by atoms with Gasteiger partial charge in [0.15, 0.2) is 5.92 Å². The first-order chi connectivity index (χ1) is 9.10. The summed E-state index contributed by atoms with van der Waals surface area (Å²) in [5.41, 5.74) is 0.883. The Balaban J connectivity index is 2.83. The van der Waals surface area contributed by atoms with Gasteiger partial charge in [0.1, 0.15) is 0 Å². The molecule has 0 saturated heterocycles. The second-order valence-electron chi connectivity index (χ2n) is 3.49. The van der Waals surface area contributed by atoms with Gasteiger partial charge in [-0.1, -0.05) is 42.5 Å². The van der Waals surface area contributed by atoms with Crippen LogP contribution in [0.1, 0.15) is 13.3 Å². The van der Waals surface area contributed by atoms with Gasteiger partial charge in [-0.05, 0) is 12.0 Å². The van der Waals surface area contributed by atoms with Crippen LogP contribution in [0.5, 0.6) is 0 Å². The zero-order valence-corrected chi connectivity index (χ0v) is 10.3. The van der Waals surface area contributed by atoms with Crippen molar-refractivity contribution in [3.8, 4) is 0 Å². The van der Waals surface area contributed by atoms with Crippen molar-refractivity contribution < 1.29 is 20.4 Å². The van der Waals surface area contributed by atoms with Crippen LogP contribution in [0.2, 0.25) is 0 Å². The number of methoxy groups -OCH3 is 2. The summed E-state index contributed by atoms with van der Waals surface area (Å²) in [6.07, 6.45) is 2.09. The standard InChI is InChI=1S/C14H16O4/c1-17-13(15)12(14(16)18-2)10-6-9-11-7-4-3-5-8-11/h3-9,12H,10H2,1-2H3/b9-6+/i10D. The van der Waals surface area contributed by atoms with Gasteiger partial charge in [-0.3, -0.25) is 9.59 Å². The molecule has 0 aliphatic rings. The Labute approximate surface area is 108 Å². The molecule has 96 valence electrons. The lowest BCUT2D eigenvalue weighted by Gasteiger charge is -2.09. The lowest BCUT2D eigenvalue weighted by atomic mass is 10.0. The van der Waals surface area contributed by atoms with E-state index in [9.17, 15) is 9.59 Å². The molecule has 0 spiro atoms. The van der Waals surface area contributed by atoms with Crippen molar-refractivity contribution in [2.24, 2.45) is 5.92 Å².